The lowest BCUT2D eigenvalue weighted by atomic mass is 10.5. The van der Waals surface area contributed by atoms with Gasteiger partial charge in [0.05, 0.1) is 0 Å². The lowest BCUT2D eigenvalue weighted by molar-refractivity contribution is -0.0490. The van der Waals surface area contributed by atoms with Crippen molar-refractivity contribution in [1.82, 2.24) is 0 Å². The van der Waals surface area contributed by atoms with Crippen LogP contribution in [-0.4, -0.2) is 40.3 Å². The van der Waals surface area contributed by atoms with Gasteiger partial charge >= 0.3 is 0 Å². The predicted molar refractivity (Wildman–Crippen MR) is 56.9 cm³/mol. The molecule has 0 aromatic carbocycles. The van der Waals surface area contributed by atoms with E-state index in [-0.39, 0.29) is 17.2 Å². The summed E-state index contributed by atoms with van der Waals surface area (Å²) in [7, 11) is 1.87. The van der Waals surface area contributed by atoms with Gasteiger partial charge in [-0.2, -0.15) is 0 Å². The van der Waals surface area contributed by atoms with Crippen LogP contribution < -0.4 is 11.5 Å². The lowest BCUT2D eigenvalue weighted by Gasteiger charge is -2.30. The van der Waals surface area contributed by atoms with E-state index in [1.54, 1.807) is 14.2 Å². The van der Waals surface area contributed by atoms with E-state index in [0.29, 0.717) is 0 Å². The topological polar surface area (TPSA) is 70.5 Å². The first-order valence-corrected chi connectivity index (χ1v) is 6.65. The molecular weight excluding hydrogens is 184 g/mol. The van der Waals surface area contributed by atoms with Gasteiger partial charge in [-0.05, 0) is 12.1 Å². The monoisotopic (exact) mass is 206 g/mol. The Hall–Kier alpha value is 0.0569. The molecular formula is C8H22N2O2Si. The Labute approximate surface area is 82.2 Å². The standard InChI is InChI=1S/C8H22N2O2Si/c1-5-7(10)13(6(2)9)8(11-3)12-4/h6-8,13H,5,9-10H2,1-4H3. The quantitative estimate of drug-likeness (QED) is 0.455. The van der Waals surface area contributed by atoms with Crippen molar-refractivity contribution < 1.29 is 9.47 Å². The van der Waals surface area contributed by atoms with Gasteiger partial charge in [0.1, 0.15) is 14.7 Å². The zero-order valence-electron chi connectivity index (χ0n) is 8.99. The van der Waals surface area contributed by atoms with Crippen LogP contribution in [0.25, 0.3) is 0 Å². The molecule has 0 aliphatic heterocycles. The fraction of sp³-hybridized carbons (Fsp3) is 1.00. The predicted octanol–water partition coefficient (Wildman–Crippen LogP) is -0.465. The Morgan fingerprint density at radius 1 is 1.23 bits per heavy atom. The highest BCUT2D eigenvalue weighted by molar-refractivity contribution is 6.63. The molecule has 4 nitrogen and oxygen atoms in total. The van der Waals surface area contributed by atoms with Gasteiger partial charge in [-0.3, -0.25) is 0 Å². The van der Waals surface area contributed by atoms with E-state index < -0.39 is 8.80 Å². The summed E-state index contributed by atoms with van der Waals surface area (Å²) in [6, 6.07) is 0. The molecule has 3 unspecified atom stereocenters. The zero-order valence-corrected chi connectivity index (χ0v) is 10.1. The fourth-order valence-corrected chi connectivity index (χ4v) is 4.37. The SMILES string of the molecule is CCC(N)[SiH](C(C)N)C(OC)OC. The fourth-order valence-electron chi connectivity index (χ4n) is 1.52. The molecule has 3 atom stereocenters. The summed E-state index contributed by atoms with van der Waals surface area (Å²) in [4.78, 5) is 0. The molecule has 0 saturated heterocycles. The van der Waals surface area contributed by atoms with Gasteiger partial charge in [-0.25, -0.2) is 0 Å². The maximum Gasteiger partial charge on any atom is 0.141 e. The molecule has 0 aliphatic rings. The summed E-state index contributed by atoms with van der Waals surface area (Å²) >= 11 is 0. The molecule has 0 aliphatic carbocycles. The Kier molecular flexibility index (Phi) is 6.53. The molecule has 0 aromatic heterocycles. The van der Waals surface area contributed by atoms with Crippen molar-refractivity contribution in [3.63, 3.8) is 0 Å². The van der Waals surface area contributed by atoms with E-state index in [4.69, 9.17) is 20.9 Å². The van der Waals surface area contributed by atoms with E-state index in [0.717, 1.165) is 6.42 Å². The Morgan fingerprint density at radius 2 is 1.69 bits per heavy atom. The van der Waals surface area contributed by atoms with Gasteiger partial charge in [0, 0.05) is 19.9 Å². The minimum absolute atomic E-state index is 0.111. The van der Waals surface area contributed by atoms with Crippen LogP contribution in [0.4, 0.5) is 0 Å². The molecule has 0 radical (unpaired) electrons. The van der Waals surface area contributed by atoms with Crippen LogP contribution >= 0.6 is 0 Å². The van der Waals surface area contributed by atoms with E-state index in [2.05, 4.69) is 6.92 Å². The maximum atomic E-state index is 5.99. The van der Waals surface area contributed by atoms with Gasteiger partial charge < -0.3 is 20.9 Å². The van der Waals surface area contributed by atoms with Crippen LogP contribution in [0.15, 0.2) is 0 Å². The van der Waals surface area contributed by atoms with Gasteiger partial charge in [0.2, 0.25) is 0 Å². The molecule has 0 amide bonds. The minimum atomic E-state index is -1.41. The average molecular weight is 206 g/mol. The summed E-state index contributed by atoms with van der Waals surface area (Å²) in [5.74, 6) is -0.171. The smallest absolute Gasteiger partial charge is 0.141 e. The van der Waals surface area contributed by atoms with E-state index in [1.807, 2.05) is 6.92 Å². The van der Waals surface area contributed by atoms with Crippen LogP contribution in [-0.2, 0) is 9.47 Å². The second-order valence-electron chi connectivity index (χ2n) is 3.35. The van der Waals surface area contributed by atoms with Crippen molar-refractivity contribution in [2.24, 2.45) is 11.5 Å². The third kappa shape index (κ3) is 3.74. The highest BCUT2D eigenvalue weighted by atomic mass is 28.3. The maximum absolute atomic E-state index is 5.99. The van der Waals surface area contributed by atoms with Crippen LogP contribution in [0.2, 0.25) is 0 Å². The second kappa shape index (κ2) is 6.50. The molecule has 0 rings (SSSR count). The largest absolute Gasteiger partial charge is 0.360 e. The van der Waals surface area contributed by atoms with Crippen molar-refractivity contribution in [3.8, 4) is 0 Å². The van der Waals surface area contributed by atoms with E-state index in [9.17, 15) is 0 Å². The van der Waals surface area contributed by atoms with Crippen molar-refractivity contribution in [3.05, 3.63) is 0 Å². The molecule has 0 spiro atoms. The van der Waals surface area contributed by atoms with E-state index >= 15 is 0 Å². The number of hydrogen-bond donors (Lipinski definition) is 2. The summed E-state index contributed by atoms with van der Waals surface area (Å²) in [6.45, 7) is 4.05. The first-order valence-electron chi connectivity index (χ1n) is 4.65. The van der Waals surface area contributed by atoms with Crippen molar-refractivity contribution in [1.29, 1.82) is 0 Å². The van der Waals surface area contributed by atoms with E-state index in [1.165, 1.54) is 0 Å². The number of hydrogen-bond acceptors (Lipinski definition) is 4. The normalized spacial score (nSPS) is 18.7. The number of nitrogens with two attached hydrogens (primary N) is 2. The summed E-state index contributed by atoms with van der Waals surface area (Å²) in [5, 5.41) is 0. The number of rotatable bonds is 6. The Balaban J connectivity index is 4.38. The molecule has 0 heterocycles. The number of methoxy groups -OCH3 is 2. The van der Waals surface area contributed by atoms with Crippen molar-refractivity contribution in [2.45, 2.75) is 37.5 Å². The molecule has 0 bridgehead atoms. The van der Waals surface area contributed by atoms with Gasteiger partial charge in [-0.15, -0.1) is 0 Å². The molecule has 13 heavy (non-hydrogen) atoms. The molecule has 5 heteroatoms. The van der Waals surface area contributed by atoms with Crippen LogP contribution in [0.3, 0.4) is 0 Å². The molecule has 4 N–H and O–H groups in total. The third-order valence-electron chi connectivity index (χ3n) is 2.35. The second-order valence-corrected chi connectivity index (χ2v) is 6.96. The summed E-state index contributed by atoms with van der Waals surface area (Å²) < 4.78 is 10.5. The molecule has 0 fully saturated rings. The summed E-state index contributed by atoms with van der Waals surface area (Å²) in [5.41, 5.74) is 12.1. The Bertz CT molecular complexity index is 131. The van der Waals surface area contributed by atoms with Gasteiger partial charge in [0.25, 0.3) is 0 Å². The highest BCUT2D eigenvalue weighted by Crippen LogP contribution is 2.07. The zero-order chi connectivity index (χ0) is 10.4. The van der Waals surface area contributed by atoms with Crippen molar-refractivity contribution in [2.75, 3.05) is 14.2 Å². The molecule has 0 saturated carbocycles. The third-order valence-corrected chi connectivity index (χ3v) is 6.20. The van der Waals surface area contributed by atoms with Crippen LogP contribution in [0.1, 0.15) is 20.3 Å². The van der Waals surface area contributed by atoms with Crippen LogP contribution in [0.5, 0.6) is 0 Å². The first-order chi connectivity index (χ1) is 6.08. The summed E-state index contributed by atoms with van der Waals surface area (Å²) in [6.07, 6.45) is 0.932. The molecule has 0 aromatic rings. The van der Waals surface area contributed by atoms with Crippen molar-refractivity contribution >= 4 is 8.80 Å². The average Bonchev–Trinajstić information content (AvgIpc) is 2.12. The molecule has 80 valence electrons. The highest BCUT2D eigenvalue weighted by Gasteiger charge is 2.31. The van der Waals surface area contributed by atoms with Gasteiger partial charge in [-0.1, -0.05) is 13.8 Å². The van der Waals surface area contributed by atoms with Gasteiger partial charge in [0.15, 0.2) is 0 Å². The lowest BCUT2D eigenvalue weighted by Crippen LogP contribution is -2.58. The Morgan fingerprint density at radius 3 is 1.92 bits per heavy atom. The van der Waals surface area contributed by atoms with Crippen LogP contribution in [0, 0.1) is 0 Å². The first kappa shape index (κ1) is 13.1. The minimum Gasteiger partial charge on any atom is -0.360 e. The number of ether oxygens (including phenoxy) is 2.